The molecule has 0 bridgehead atoms. The molecule has 0 heterocycles. The second kappa shape index (κ2) is 10.4. The Kier molecular flexibility index (Phi) is 8.87. The van der Waals surface area contributed by atoms with E-state index >= 15 is 0 Å². The van der Waals surface area contributed by atoms with Gasteiger partial charge in [-0.2, -0.15) is 4.31 Å². The van der Waals surface area contributed by atoms with E-state index in [9.17, 15) is 18.0 Å². The molecule has 27 heavy (non-hydrogen) atoms. The number of quaternary nitrogens is 1. The zero-order valence-electron chi connectivity index (χ0n) is 16.7. The van der Waals surface area contributed by atoms with Gasteiger partial charge in [-0.3, -0.25) is 9.59 Å². The molecule has 2 amide bonds. The van der Waals surface area contributed by atoms with Crippen molar-refractivity contribution in [2.75, 3.05) is 40.3 Å². The number of nitrogens with two attached hydrogens (primary N) is 1. The van der Waals surface area contributed by atoms with Crippen LogP contribution >= 0.6 is 0 Å². The molecule has 0 aliphatic rings. The quantitative estimate of drug-likeness (QED) is 0.556. The number of hydrogen-bond acceptors (Lipinski definition) is 4. The number of amides is 2. The van der Waals surface area contributed by atoms with Crippen LogP contribution < -0.4 is 10.6 Å². The minimum absolute atomic E-state index is 0.0219. The van der Waals surface area contributed by atoms with Crippen LogP contribution in [0.15, 0.2) is 29.2 Å². The molecule has 0 aliphatic heterocycles. The number of likely N-dealkylation sites (N-methyl/N-ethyl adjacent to an activating group) is 1. The molecule has 0 radical (unpaired) electrons. The number of sulfonamides is 1. The molecule has 0 saturated carbocycles. The second-order valence-corrected chi connectivity index (χ2v) is 8.39. The number of carbonyl (C=O) groups is 2. The monoisotopic (exact) mass is 399 g/mol. The molecule has 0 unspecified atom stereocenters. The molecule has 1 rings (SSSR count). The maximum absolute atomic E-state index is 12.5. The zero-order chi connectivity index (χ0) is 20.6. The van der Waals surface area contributed by atoms with Gasteiger partial charge < -0.3 is 15.5 Å². The summed E-state index contributed by atoms with van der Waals surface area (Å²) in [6, 6.07) is 6.72. The fourth-order valence-corrected chi connectivity index (χ4v) is 3.94. The van der Waals surface area contributed by atoms with E-state index in [1.165, 1.54) is 9.21 Å². The standard InChI is InChI=1S/C18H30N4O4S/c1-6-22(7-2)27(25,26)16-10-8-15(9-11-16)14(3)19-12-17(23)20-13-18(24)21(4)5/h8-11,14,19H,6-7,12-13H2,1-5H3,(H,20,23)/p+1/t14-/m1/s1. The van der Waals surface area contributed by atoms with Crippen LogP contribution in [0.5, 0.6) is 0 Å². The number of benzene rings is 1. The van der Waals surface area contributed by atoms with Crippen molar-refractivity contribution in [3.63, 3.8) is 0 Å². The lowest BCUT2D eigenvalue weighted by molar-refractivity contribution is -0.682. The summed E-state index contributed by atoms with van der Waals surface area (Å²) in [6.07, 6.45) is 0. The summed E-state index contributed by atoms with van der Waals surface area (Å²) >= 11 is 0. The third-order valence-corrected chi connectivity index (χ3v) is 6.41. The van der Waals surface area contributed by atoms with Crippen LogP contribution in [0.3, 0.4) is 0 Å². The van der Waals surface area contributed by atoms with Crippen molar-refractivity contribution >= 4 is 21.8 Å². The second-order valence-electron chi connectivity index (χ2n) is 6.45. The molecule has 9 heteroatoms. The molecule has 0 saturated heterocycles. The summed E-state index contributed by atoms with van der Waals surface area (Å²) in [5.41, 5.74) is 0.922. The van der Waals surface area contributed by atoms with Gasteiger partial charge in [0.1, 0.15) is 6.04 Å². The first-order valence-electron chi connectivity index (χ1n) is 9.03. The topological polar surface area (TPSA) is 103 Å². The van der Waals surface area contributed by atoms with Gasteiger partial charge in [-0.15, -0.1) is 0 Å². The van der Waals surface area contributed by atoms with E-state index in [0.717, 1.165) is 5.56 Å². The van der Waals surface area contributed by atoms with Crippen molar-refractivity contribution in [3.8, 4) is 0 Å². The summed E-state index contributed by atoms with van der Waals surface area (Å²) < 4.78 is 26.4. The predicted molar refractivity (Wildman–Crippen MR) is 103 cm³/mol. The lowest BCUT2D eigenvalue weighted by Crippen LogP contribution is -2.87. The van der Waals surface area contributed by atoms with Crippen LogP contribution in [0, 0.1) is 0 Å². The van der Waals surface area contributed by atoms with Crippen molar-refractivity contribution in [1.29, 1.82) is 0 Å². The minimum Gasteiger partial charge on any atom is -0.347 e. The summed E-state index contributed by atoms with van der Waals surface area (Å²) in [5.74, 6) is -0.390. The Morgan fingerprint density at radius 2 is 1.67 bits per heavy atom. The Bertz CT molecular complexity index is 728. The van der Waals surface area contributed by atoms with Crippen molar-refractivity contribution in [2.45, 2.75) is 31.7 Å². The van der Waals surface area contributed by atoms with Gasteiger partial charge in [-0.25, -0.2) is 8.42 Å². The Labute approximate surface area is 162 Å². The Hall–Kier alpha value is -1.97. The molecule has 8 nitrogen and oxygen atoms in total. The van der Waals surface area contributed by atoms with E-state index in [-0.39, 0.29) is 35.8 Å². The van der Waals surface area contributed by atoms with Crippen LogP contribution in [-0.2, 0) is 19.6 Å². The molecule has 152 valence electrons. The lowest BCUT2D eigenvalue weighted by atomic mass is 10.1. The number of nitrogens with one attached hydrogen (secondary N) is 1. The zero-order valence-corrected chi connectivity index (χ0v) is 17.5. The SMILES string of the molecule is CCN(CC)S(=O)(=O)c1ccc([C@@H](C)[NH2+]CC(=O)NCC(=O)N(C)C)cc1. The highest BCUT2D eigenvalue weighted by molar-refractivity contribution is 7.89. The lowest BCUT2D eigenvalue weighted by Gasteiger charge is -2.19. The van der Waals surface area contributed by atoms with E-state index in [1.54, 1.807) is 38.4 Å². The first-order chi connectivity index (χ1) is 12.6. The maximum Gasteiger partial charge on any atom is 0.275 e. The average Bonchev–Trinajstić information content (AvgIpc) is 2.64. The fourth-order valence-electron chi connectivity index (χ4n) is 2.48. The van der Waals surface area contributed by atoms with Crippen LogP contribution in [0.4, 0.5) is 0 Å². The highest BCUT2D eigenvalue weighted by Crippen LogP contribution is 2.18. The first-order valence-corrected chi connectivity index (χ1v) is 10.5. The number of hydrogen-bond donors (Lipinski definition) is 2. The molecule has 1 atom stereocenters. The fraction of sp³-hybridized carbons (Fsp3) is 0.556. The molecule has 1 aromatic carbocycles. The number of carbonyl (C=O) groups excluding carboxylic acids is 2. The van der Waals surface area contributed by atoms with E-state index in [1.807, 2.05) is 26.1 Å². The van der Waals surface area contributed by atoms with E-state index < -0.39 is 10.0 Å². The largest absolute Gasteiger partial charge is 0.347 e. The van der Waals surface area contributed by atoms with Gasteiger partial charge in [0.15, 0.2) is 6.54 Å². The molecule has 1 aromatic rings. The Morgan fingerprint density at radius 1 is 1.11 bits per heavy atom. The number of nitrogens with zero attached hydrogens (tertiary/aromatic N) is 2. The van der Waals surface area contributed by atoms with Gasteiger partial charge in [0.25, 0.3) is 5.91 Å². The van der Waals surface area contributed by atoms with Gasteiger partial charge in [0, 0.05) is 32.7 Å². The van der Waals surface area contributed by atoms with Gasteiger partial charge in [-0.1, -0.05) is 26.0 Å². The third kappa shape index (κ3) is 6.60. The van der Waals surface area contributed by atoms with Crippen molar-refractivity contribution in [1.82, 2.24) is 14.5 Å². The molecular formula is C18H31N4O4S+. The average molecular weight is 400 g/mol. The van der Waals surface area contributed by atoms with Gasteiger partial charge in [-0.05, 0) is 19.1 Å². The predicted octanol–water partition coefficient (Wildman–Crippen LogP) is -0.454. The minimum atomic E-state index is -3.47. The van der Waals surface area contributed by atoms with E-state index in [0.29, 0.717) is 13.1 Å². The molecule has 0 aliphatic carbocycles. The molecule has 0 spiro atoms. The maximum atomic E-state index is 12.5. The number of rotatable bonds is 10. The summed E-state index contributed by atoms with van der Waals surface area (Å²) in [4.78, 5) is 25.0. The summed E-state index contributed by atoms with van der Waals surface area (Å²) in [6.45, 7) is 6.57. The first kappa shape index (κ1) is 23.1. The molecule has 0 fully saturated rings. The van der Waals surface area contributed by atoms with Crippen molar-refractivity contribution in [2.24, 2.45) is 0 Å². The smallest absolute Gasteiger partial charge is 0.275 e. The summed E-state index contributed by atoms with van der Waals surface area (Å²) in [7, 11) is -0.205. The van der Waals surface area contributed by atoms with E-state index in [4.69, 9.17) is 0 Å². The van der Waals surface area contributed by atoms with Crippen LogP contribution in [0.2, 0.25) is 0 Å². The Morgan fingerprint density at radius 3 is 2.15 bits per heavy atom. The summed E-state index contributed by atoms with van der Waals surface area (Å²) in [5, 5.41) is 4.42. The van der Waals surface area contributed by atoms with Gasteiger partial charge in [0.2, 0.25) is 15.9 Å². The Balaban J connectivity index is 2.63. The van der Waals surface area contributed by atoms with Crippen LogP contribution in [-0.4, -0.2) is 69.7 Å². The molecular weight excluding hydrogens is 368 g/mol. The van der Waals surface area contributed by atoms with Crippen molar-refractivity contribution < 1.29 is 23.3 Å². The molecule has 3 N–H and O–H groups in total. The van der Waals surface area contributed by atoms with Crippen LogP contribution in [0.25, 0.3) is 0 Å². The van der Waals surface area contributed by atoms with Gasteiger partial charge in [0.05, 0.1) is 11.4 Å². The van der Waals surface area contributed by atoms with E-state index in [2.05, 4.69) is 5.32 Å². The van der Waals surface area contributed by atoms with Gasteiger partial charge >= 0.3 is 0 Å². The highest BCUT2D eigenvalue weighted by atomic mass is 32.2. The molecule has 0 aromatic heterocycles. The van der Waals surface area contributed by atoms with Crippen molar-refractivity contribution in [3.05, 3.63) is 29.8 Å². The normalized spacial score (nSPS) is 12.7. The third-order valence-electron chi connectivity index (χ3n) is 4.34. The van der Waals surface area contributed by atoms with Crippen LogP contribution in [0.1, 0.15) is 32.4 Å². The highest BCUT2D eigenvalue weighted by Gasteiger charge is 2.22.